The first-order chi connectivity index (χ1) is 9.15. The third kappa shape index (κ3) is 2.36. The molecular weight excluding hydrogens is 282 g/mol. The molecule has 98 valence electrons. The number of nitrogens with zero attached hydrogens (tertiary/aromatic N) is 1. The minimum Gasteiger partial charge on any atom is -0.324 e. The molecule has 2 atom stereocenters. The van der Waals surface area contributed by atoms with Gasteiger partial charge in [0.25, 0.3) is 0 Å². The van der Waals surface area contributed by atoms with Crippen molar-refractivity contribution >= 4 is 44.7 Å². The normalized spacial score (nSPS) is 22.0. The molecule has 3 rings (SSSR count). The Balaban J connectivity index is 1.89. The van der Waals surface area contributed by atoms with Gasteiger partial charge in [0, 0.05) is 6.04 Å². The van der Waals surface area contributed by atoms with Gasteiger partial charge in [0.1, 0.15) is 5.52 Å². The number of anilines is 1. The van der Waals surface area contributed by atoms with Crippen molar-refractivity contribution in [3.63, 3.8) is 0 Å². The molecule has 1 amide bonds. The van der Waals surface area contributed by atoms with Gasteiger partial charge in [-0.1, -0.05) is 23.8 Å². The highest BCUT2D eigenvalue weighted by molar-refractivity contribution is 7.16. The summed E-state index contributed by atoms with van der Waals surface area (Å²) < 4.78 is 0.998. The molecule has 0 spiro atoms. The van der Waals surface area contributed by atoms with Gasteiger partial charge < -0.3 is 11.1 Å². The third-order valence-corrected chi connectivity index (χ3v) is 4.26. The zero-order chi connectivity index (χ0) is 13.4. The van der Waals surface area contributed by atoms with Crippen LogP contribution in [0, 0.1) is 5.92 Å². The van der Waals surface area contributed by atoms with E-state index in [4.69, 9.17) is 17.3 Å². The number of hydrogen-bond donors (Lipinski definition) is 2. The Morgan fingerprint density at radius 1 is 1.47 bits per heavy atom. The molecule has 1 aliphatic rings. The number of halogens is 1. The summed E-state index contributed by atoms with van der Waals surface area (Å²) in [6.45, 7) is 0. The molecule has 1 aromatic heterocycles. The van der Waals surface area contributed by atoms with Gasteiger partial charge in [-0.2, -0.15) is 0 Å². The lowest BCUT2D eigenvalue weighted by Gasteiger charge is -2.12. The highest BCUT2D eigenvalue weighted by Gasteiger charge is 2.24. The summed E-state index contributed by atoms with van der Waals surface area (Å²) in [5, 5.41) is 3.37. The number of nitrogens with one attached hydrogen (secondary N) is 1. The molecule has 0 fully saturated rings. The number of carbonyl (C=O) groups is 1. The molecule has 4 nitrogen and oxygen atoms in total. The quantitative estimate of drug-likeness (QED) is 0.837. The molecule has 2 aromatic rings. The molecule has 0 saturated carbocycles. The molecular formula is C13H12ClN3OS. The van der Waals surface area contributed by atoms with Crippen LogP contribution in [-0.2, 0) is 4.79 Å². The van der Waals surface area contributed by atoms with Crippen molar-refractivity contribution in [3.05, 3.63) is 34.8 Å². The van der Waals surface area contributed by atoms with Crippen molar-refractivity contribution in [1.29, 1.82) is 0 Å². The van der Waals surface area contributed by atoms with Gasteiger partial charge in [0.15, 0.2) is 0 Å². The van der Waals surface area contributed by atoms with E-state index in [2.05, 4.69) is 10.3 Å². The van der Waals surface area contributed by atoms with Crippen LogP contribution in [0.5, 0.6) is 0 Å². The van der Waals surface area contributed by atoms with Crippen LogP contribution in [0.2, 0.25) is 5.02 Å². The minimum absolute atomic E-state index is 0.0405. The average molecular weight is 294 g/mol. The molecule has 3 N–H and O–H groups in total. The molecule has 0 saturated heterocycles. The van der Waals surface area contributed by atoms with Crippen LogP contribution < -0.4 is 11.1 Å². The number of benzene rings is 1. The maximum absolute atomic E-state index is 12.2. The summed E-state index contributed by atoms with van der Waals surface area (Å²) in [7, 11) is 0. The Morgan fingerprint density at radius 2 is 2.32 bits per heavy atom. The fraction of sp³-hybridized carbons (Fsp3) is 0.231. The minimum atomic E-state index is -0.194. The fourth-order valence-electron chi connectivity index (χ4n) is 2.16. The van der Waals surface area contributed by atoms with E-state index >= 15 is 0 Å². The maximum atomic E-state index is 12.2. The van der Waals surface area contributed by atoms with Crippen LogP contribution in [0.15, 0.2) is 29.8 Å². The van der Waals surface area contributed by atoms with E-state index < -0.39 is 0 Å². The lowest BCUT2D eigenvalue weighted by molar-refractivity contribution is -0.118. The van der Waals surface area contributed by atoms with Crippen molar-refractivity contribution in [3.8, 4) is 0 Å². The molecule has 0 radical (unpaired) electrons. The number of hydrogen-bond acceptors (Lipinski definition) is 4. The number of rotatable bonds is 2. The second-order valence-electron chi connectivity index (χ2n) is 4.50. The zero-order valence-electron chi connectivity index (χ0n) is 9.97. The van der Waals surface area contributed by atoms with Crippen molar-refractivity contribution in [1.82, 2.24) is 4.98 Å². The molecule has 1 heterocycles. The molecule has 1 aromatic carbocycles. The second kappa shape index (κ2) is 4.92. The monoisotopic (exact) mass is 293 g/mol. The van der Waals surface area contributed by atoms with E-state index in [0.29, 0.717) is 17.1 Å². The Kier molecular flexibility index (Phi) is 3.26. The van der Waals surface area contributed by atoms with Crippen LogP contribution in [0.25, 0.3) is 10.2 Å². The zero-order valence-corrected chi connectivity index (χ0v) is 11.5. The number of fused-ring (bicyclic) bond motifs is 1. The van der Waals surface area contributed by atoms with Crippen LogP contribution in [0.1, 0.15) is 6.42 Å². The number of nitrogens with two attached hydrogens (primary N) is 1. The van der Waals surface area contributed by atoms with Crippen LogP contribution in [0.3, 0.4) is 0 Å². The van der Waals surface area contributed by atoms with Gasteiger partial charge in [-0.3, -0.25) is 4.79 Å². The summed E-state index contributed by atoms with van der Waals surface area (Å²) in [4.78, 5) is 16.4. The van der Waals surface area contributed by atoms with Crippen LogP contribution in [-0.4, -0.2) is 16.9 Å². The predicted molar refractivity (Wildman–Crippen MR) is 78.5 cm³/mol. The first-order valence-corrected chi connectivity index (χ1v) is 7.17. The van der Waals surface area contributed by atoms with E-state index in [9.17, 15) is 4.79 Å². The first-order valence-electron chi connectivity index (χ1n) is 5.91. The summed E-state index contributed by atoms with van der Waals surface area (Å²) in [6.07, 6.45) is 4.33. The molecule has 0 bridgehead atoms. The van der Waals surface area contributed by atoms with Gasteiger partial charge >= 0.3 is 0 Å². The van der Waals surface area contributed by atoms with Crippen molar-refractivity contribution < 1.29 is 4.79 Å². The predicted octanol–water partition coefficient (Wildman–Crippen LogP) is 2.79. The SMILES string of the molecule is NC1C=CC(C(=O)Nc2c(Cl)ccc3scnc23)C1. The van der Waals surface area contributed by atoms with Crippen molar-refractivity contribution in [2.45, 2.75) is 12.5 Å². The van der Waals surface area contributed by atoms with Gasteiger partial charge in [0.05, 0.1) is 26.8 Å². The van der Waals surface area contributed by atoms with Crippen LogP contribution in [0.4, 0.5) is 5.69 Å². The maximum Gasteiger partial charge on any atom is 0.231 e. The van der Waals surface area contributed by atoms with Gasteiger partial charge in [-0.15, -0.1) is 11.3 Å². The van der Waals surface area contributed by atoms with Gasteiger partial charge in [-0.25, -0.2) is 4.98 Å². The molecule has 0 aliphatic heterocycles. The fourth-order valence-corrected chi connectivity index (χ4v) is 3.05. The largest absolute Gasteiger partial charge is 0.324 e. The molecule has 2 unspecified atom stereocenters. The van der Waals surface area contributed by atoms with E-state index in [1.807, 2.05) is 18.2 Å². The van der Waals surface area contributed by atoms with E-state index in [1.54, 1.807) is 11.6 Å². The average Bonchev–Trinajstić information content (AvgIpc) is 3.01. The van der Waals surface area contributed by atoms with Crippen molar-refractivity contribution in [2.24, 2.45) is 11.7 Å². The highest BCUT2D eigenvalue weighted by Crippen LogP contribution is 2.33. The smallest absolute Gasteiger partial charge is 0.231 e. The molecule has 1 aliphatic carbocycles. The Labute approximate surface area is 119 Å². The van der Waals surface area contributed by atoms with E-state index in [1.165, 1.54) is 11.3 Å². The Bertz CT molecular complexity index is 667. The Morgan fingerprint density at radius 3 is 3.05 bits per heavy atom. The number of aromatic nitrogens is 1. The third-order valence-electron chi connectivity index (χ3n) is 3.15. The number of thiazole rings is 1. The van der Waals surface area contributed by atoms with Gasteiger partial charge in [-0.05, 0) is 18.6 Å². The summed E-state index contributed by atoms with van der Waals surface area (Å²) in [5.41, 5.74) is 8.81. The second-order valence-corrected chi connectivity index (χ2v) is 5.80. The van der Waals surface area contributed by atoms with E-state index in [0.717, 1.165) is 10.2 Å². The lowest BCUT2D eigenvalue weighted by atomic mass is 10.1. The number of amides is 1. The van der Waals surface area contributed by atoms with Crippen LogP contribution >= 0.6 is 22.9 Å². The summed E-state index contributed by atoms with van der Waals surface area (Å²) in [6, 6.07) is 3.63. The van der Waals surface area contributed by atoms with E-state index in [-0.39, 0.29) is 17.9 Å². The Hall–Kier alpha value is -1.43. The summed E-state index contributed by atoms with van der Waals surface area (Å²) >= 11 is 7.66. The topological polar surface area (TPSA) is 68.0 Å². The summed E-state index contributed by atoms with van der Waals surface area (Å²) in [5.74, 6) is -0.286. The molecule has 19 heavy (non-hydrogen) atoms. The number of carbonyl (C=O) groups excluding carboxylic acids is 1. The standard InChI is InChI=1S/C13H12ClN3OS/c14-9-3-4-10-12(16-6-19-10)11(9)17-13(18)7-1-2-8(15)5-7/h1-4,6-8H,5,15H2,(H,17,18). The van der Waals surface area contributed by atoms with Gasteiger partial charge in [0.2, 0.25) is 5.91 Å². The highest BCUT2D eigenvalue weighted by atomic mass is 35.5. The first kappa shape index (κ1) is 12.6. The lowest BCUT2D eigenvalue weighted by Crippen LogP contribution is -2.24. The van der Waals surface area contributed by atoms with Crippen molar-refractivity contribution in [2.75, 3.05) is 5.32 Å². The molecule has 6 heteroatoms.